The molecule has 0 aliphatic carbocycles. The minimum Gasteiger partial charge on any atom is -0.309 e. The minimum atomic E-state index is 0.282. The molecule has 0 aliphatic heterocycles. The van der Waals surface area contributed by atoms with Gasteiger partial charge in [0.1, 0.15) is 6.33 Å². The topological polar surface area (TPSA) is 66.5 Å². The lowest BCUT2D eigenvalue weighted by Gasteiger charge is -2.11. The van der Waals surface area contributed by atoms with Crippen LogP contribution in [-0.4, -0.2) is 26.7 Å². The summed E-state index contributed by atoms with van der Waals surface area (Å²) in [4.78, 5) is 9.54. The Bertz CT molecular complexity index is 439. The molecular weight excluding hydrogens is 234 g/mol. The molecule has 1 atom stereocenters. The first kappa shape index (κ1) is 12.1. The van der Waals surface area contributed by atoms with Gasteiger partial charge < -0.3 is 5.32 Å². The van der Waals surface area contributed by atoms with E-state index in [0.717, 1.165) is 22.3 Å². The molecule has 5 nitrogen and oxygen atoms in total. The number of pyridine rings is 1. The molecule has 0 aromatic carbocycles. The minimum absolute atomic E-state index is 0.282. The Morgan fingerprint density at radius 2 is 2.29 bits per heavy atom. The molecule has 2 aromatic heterocycles. The van der Waals surface area contributed by atoms with Gasteiger partial charge in [0.15, 0.2) is 5.16 Å². The highest BCUT2D eigenvalue weighted by Crippen LogP contribution is 2.23. The molecule has 0 bridgehead atoms. The average molecular weight is 249 g/mol. The average Bonchev–Trinajstić information content (AvgIpc) is 2.83. The Hall–Kier alpha value is -1.40. The van der Waals surface area contributed by atoms with Crippen LogP contribution in [0.15, 0.2) is 34.7 Å². The van der Waals surface area contributed by atoms with Crippen LogP contribution in [0.2, 0.25) is 0 Å². The summed E-state index contributed by atoms with van der Waals surface area (Å²) in [6, 6.07) is 4.36. The third kappa shape index (κ3) is 3.28. The van der Waals surface area contributed by atoms with Crippen LogP contribution in [0.5, 0.6) is 0 Å². The second-order valence-corrected chi connectivity index (χ2v) is 4.65. The van der Waals surface area contributed by atoms with E-state index in [1.807, 2.05) is 18.3 Å². The van der Waals surface area contributed by atoms with E-state index in [0.29, 0.717) is 0 Å². The predicted molar refractivity (Wildman–Crippen MR) is 66.8 cm³/mol. The largest absolute Gasteiger partial charge is 0.309 e. The summed E-state index contributed by atoms with van der Waals surface area (Å²) >= 11 is 1.52. The van der Waals surface area contributed by atoms with Gasteiger partial charge in [-0.25, -0.2) is 4.98 Å². The van der Waals surface area contributed by atoms with Gasteiger partial charge in [-0.05, 0) is 37.4 Å². The maximum absolute atomic E-state index is 4.43. The Kier molecular flexibility index (Phi) is 4.11. The van der Waals surface area contributed by atoms with Crippen molar-refractivity contribution in [1.82, 2.24) is 25.5 Å². The van der Waals surface area contributed by atoms with Crippen LogP contribution < -0.4 is 5.32 Å². The van der Waals surface area contributed by atoms with E-state index in [1.54, 1.807) is 0 Å². The van der Waals surface area contributed by atoms with Gasteiger partial charge in [-0.15, -0.1) is 0 Å². The quantitative estimate of drug-likeness (QED) is 0.848. The monoisotopic (exact) mass is 249 g/mol. The van der Waals surface area contributed by atoms with E-state index < -0.39 is 0 Å². The zero-order valence-corrected chi connectivity index (χ0v) is 10.7. The third-order valence-corrected chi connectivity index (χ3v) is 3.19. The molecule has 0 saturated carbocycles. The second kappa shape index (κ2) is 5.79. The Balaban J connectivity index is 2.02. The predicted octanol–water partition coefficient (Wildman–Crippen LogP) is 2.02. The summed E-state index contributed by atoms with van der Waals surface area (Å²) in [5.41, 5.74) is 1.05. The summed E-state index contributed by atoms with van der Waals surface area (Å²) in [5.74, 6) is 0. The van der Waals surface area contributed by atoms with Crippen LogP contribution >= 0.6 is 11.8 Å². The number of rotatable bonds is 5. The SMILES string of the molecule is CCNC(C)c1ccc(Sc2ncn[nH]2)cn1. The van der Waals surface area contributed by atoms with Crippen LogP contribution in [0.3, 0.4) is 0 Å². The smallest absolute Gasteiger partial charge is 0.188 e. The van der Waals surface area contributed by atoms with Crippen LogP contribution in [0.1, 0.15) is 25.6 Å². The van der Waals surface area contributed by atoms with Crippen molar-refractivity contribution in [3.8, 4) is 0 Å². The Labute approximate surface area is 104 Å². The van der Waals surface area contributed by atoms with Crippen molar-refractivity contribution in [2.24, 2.45) is 0 Å². The highest BCUT2D eigenvalue weighted by Gasteiger charge is 2.06. The summed E-state index contributed by atoms with van der Waals surface area (Å²) in [5, 5.41) is 10.7. The molecule has 1 unspecified atom stereocenters. The molecule has 0 aliphatic rings. The molecule has 2 N–H and O–H groups in total. The summed E-state index contributed by atoms with van der Waals surface area (Å²) in [6.07, 6.45) is 3.35. The fourth-order valence-electron chi connectivity index (χ4n) is 1.47. The molecule has 0 spiro atoms. The third-order valence-electron chi connectivity index (χ3n) is 2.32. The van der Waals surface area contributed by atoms with Crippen LogP contribution in [0.25, 0.3) is 0 Å². The van der Waals surface area contributed by atoms with Gasteiger partial charge in [-0.3, -0.25) is 10.1 Å². The van der Waals surface area contributed by atoms with E-state index in [-0.39, 0.29) is 6.04 Å². The normalized spacial score (nSPS) is 12.6. The first-order valence-electron chi connectivity index (χ1n) is 5.52. The second-order valence-electron chi connectivity index (χ2n) is 3.59. The molecule has 0 fully saturated rings. The fraction of sp³-hybridized carbons (Fsp3) is 0.364. The van der Waals surface area contributed by atoms with Gasteiger partial charge in [0.2, 0.25) is 0 Å². The molecule has 2 rings (SSSR count). The lowest BCUT2D eigenvalue weighted by Crippen LogP contribution is -2.18. The van der Waals surface area contributed by atoms with Crippen LogP contribution in [-0.2, 0) is 0 Å². The van der Waals surface area contributed by atoms with Gasteiger partial charge in [0.05, 0.1) is 5.69 Å². The summed E-state index contributed by atoms with van der Waals surface area (Å²) < 4.78 is 0. The number of H-pyrrole nitrogens is 1. The maximum atomic E-state index is 4.43. The van der Waals surface area contributed by atoms with E-state index >= 15 is 0 Å². The van der Waals surface area contributed by atoms with E-state index in [2.05, 4.69) is 39.3 Å². The van der Waals surface area contributed by atoms with E-state index in [4.69, 9.17) is 0 Å². The number of aromatic nitrogens is 4. The molecular formula is C11H15N5S. The van der Waals surface area contributed by atoms with Crippen LogP contribution in [0, 0.1) is 0 Å². The zero-order valence-electron chi connectivity index (χ0n) is 9.84. The Morgan fingerprint density at radius 1 is 1.41 bits per heavy atom. The van der Waals surface area contributed by atoms with Crippen molar-refractivity contribution >= 4 is 11.8 Å². The molecule has 2 heterocycles. The van der Waals surface area contributed by atoms with Gasteiger partial charge in [0.25, 0.3) is 0 Å². The van der Waals surface area contributed by atoms with E-state index in [9.17, 15) is 0 Å². The highest BCUT2D eigenvalue weighted by molar-refractivity contribution is 7.99. The van der Waals surface area contributed by atoms with Gasteiger partial charge in [-0.2, -0.15) is 5.10 Å². The zero-order chi connectivity index (χ0) is 12.1. The number of nitrogens with zero attached hydrogens (tertiary/aromatic N) is 3. The molecule has 2 aromatic rings. The molecule has 6 heteroatoms. The molecule has 17 heavy (non-hydrogen) atoms. The number of hydrogen-bond donors (Lipinski definition) is 2. The van der Waals surface area contributed by atoms with Crippen molar-refractivity contribution in [3.63, 3.8) is 0 Å². The van der Waals surface area contributed by atoms with Gasteiger partial charge in [0, 0.05) is 17.1 Å². The van der Waals surface area contributed by atoms with Gasteiger partial charge >= 0.3 is 0 Å². The first-order valence-corrected chi connectivity index (χ1v) is 6.33. The standard InChI is InChI=1S/C11H15N5S/c1-3-12-8(2)10-5-4-9(6-13-10)17-11-14-7-15-16-11/h4-8,12H,3H2,1-2H3,(H,14,15,16). The molecule has 0 amide bonds. The van der Waals surface area contributed by atoms with Crippen molar-refractivity contribution in [2.45, 2.75) is 29.9 Å². The number of aromatic amines is 1. The maximum Gasteiger partial charge on any atom is 0.188 e. The van der Waals surface area contributed by atoms with Crippen molar-refractivity contribution in [2.75, 3.05) is 6.54 Å². The van der Waals surface area contributed by atoms with Crippen LogP contribution in [0.4, 0.5) is 0 Å². The molecule has 0 saturated heterocycles. The van der Waals surface area contributed by atoms with E-state index in [1.165, 1.54) is 18.1 Å². The van der Waals surface area contributed by atoms with Crippen molar-refractivity contribution < 1.29 is 0 Å². The van der Waals surface area contributed by atoms with Gasteiger partial charge in [-0.1, -0.05) is 6.92 Å². The lowest BCUT2D eigenvalue weighted by molar-refractivity contribution is 0.582. The first-order chi connectivity index (χ1) is 8.29. The highest BCUT2D eigenvalue weighted by atomic mass is 32.2. The number of hydrogen-bond acceptors (Lipinski definition) is 5. The fourth-order valence-corrected chi connectivity index (χ4v) is 2.14. The lowest BCUT2D eigenvalue weighted by atomic mass is 10.2. The van der Waals surface area contributed by atoms with Crippen molar-refractivity contribution in [1.29, 1.82) is 0 Å². The Morgan fingerprint density at radius 3 is 2.88 bits per heavy atom. The number of nitrogens with one attached hydrogen (secondary N) is 2. The van der Waals surface area contributed by atoms with Crippen molar-refractivity contribution in [3.05, 3.63) is 30.4 Å². The summed E-state index contributed by atoms with van der Waals surface area (Å²) in [6.45, 7) is 5.14. The summed E-state index contributed by atoms with van der Waals surface area (Å²) in [7, 11) is 0. The molecule has 0 radical (unpaired) electrons. The molecule has 90 valence electrons.